The van der Waals surface area contributed by atoms with Gasteiger partial charge < -0.3 is 0 Å². The first kappa shape index (κ1) is 6.47. The van der Waals surface area contributed by atoms with E-state index in [-0.39, 0.29) is 5.56 Å². The smallest absolute Gasteiger partial charge is 0.268 e. The maximum absolute atomic E-state index is 11.0. The molecular formula is C4H2BrN5O. The van der Waals surface area contributed by atoms with Crippen LogP contribution in [0.1, 0.15) is 0 Å². The first-order valence-electron chi connectivity index (χ1n) is 2.74. The van der Waals surface area contributed by atoms with E-state index in [2.05, 4.69) is 41.5 Å². The highest BCUT2D eigenvalue weighted by molar-refractivity contribution is 9.10. The van der Waals surface area contributed by atoms with Crippen molar-refractivity contribution < 1.29 is 0 Å². The molecule has 0 saturated carbocycles. The van der Waals surface area contributed by atoms with E-state index >= 15 is 0 Å². The molecule has 0 amide bonds. The first-order chi connectivity index (χ1) is 5.29. The molecule has 0 spiro atoms. The second-order valence-corrected chi connectivity index (χ2v) is 2.67. The molecule has 56 valence electrons. The second kappa shape index (κ2) is 2.12. The van der Waals surface area contributed by atoms with Crippen LogP contribution in [0.25, 0.3) is 11.0 Å². The zero-order valence-corrected chi connectivity index (χ0v) is 6.71. The topological polar surface area (TPSA) is 87.3 Å². The molecule has 0 aliphatic rings. The van der Waals surface area contributed by atoms with E-state index in [9.17, 15) is 4.79 Å². The molecule has 2 rings (SSSR count). The third-order valence-corrected chi connectivity index (χ3v) is 1.80. The molecular weight excluding hydrogens is 214 g/mol. The molecule has 0 unspecified atom stereocenters. The number of H-pyrrole nitrogens is 2. The van der Waals surface area contributed by atoms with Gasteiger partial charge in [-0.2, -0.15) is 5.10 Å². The van der Waals surface area contributed by atoms with Crippen LogP contribution in [0.3, 0.4) is 0 Å². The summed E-state index contributed by atoms with van der Waals surface area (Å²) >= 11 is 3.11. The Morgan fingerprint density at radius 3 is 2.91 bits per heavy atom. The number of halogens is 1. The number of aromatic amines is 2. The van der Waals surface area contributed by atoms with Crippen molar-refractivity contribution in [1.29, 1.82) is 0 Å². The summed E-state index contributed by atoms with van der Waals surface area (Å²) in [6, 6.07) is 0. The van der Waals surface area contributed by atoms with E-state index in [0.717, 1.165) is 0 Å². The summed E-state index contributed by atoms with van der Waals surface area (Å²) < 4.78 is 0.517. The third-order valence-electron chi connectivity index (χ3n) is 1.23. The van der Waals surface area contributed by atoms with Gasteiger partial charge in [0.25, 0.3) is 5.56 Å². The van der Waals surface area contributed by atoms with Gasteiger partial charge in [0.2, 0.25) is 5.65 Å². The van der Waals surface area contributed by atoms with E-state index in [4.69, 9.17) is 0 Å². The molecule has 0 atom stereocenters. The van der Waals surface area contributed by atoms with Gasteiger partial charge in [0, 0.05) is 0 Å². The highest BCUT2D eigenvalue weighted by Crippen LogP contribution is 2.12. The fraction of sp³-hybridized carbons (Fsp3) is 0. The number of aromatic nitrogens is 5. The molecule has 0 aromatic carbocycles. The number of nitrogens with one attached hydrogen (secondary N) is 2. The minimum absolute atomic E-state index is 0.306. The predicted octanol–water partition coefficient (Wildman–Crippen LogP) is -0.196. The molecule has 0 aliphatic carbocycles. The lowest BCUT2D eigenvalue weighted by Gasteiger charge is -1.81. The fourth-order valence-electron chi connectivity index (χ4n) is 0.759. The van der Waals surface area contributed by atoms with Crippen molar-refractivity contribution in [3.63, 3.8) is 0 Å². The lowest BCUT2D eigenvalue weighted by atomic mass is 10.5. The van der Waals surface area contributed by atoms with Crippen LogP contribution in [0.5, 0.6) is 0 Å². The van der Waals surface area contributed by atoms with E-state index < -0.39 is 0 Å². The number of rotatable bonds is 0. The van der Waals surface area contributed by atoms with Crippen LogP contribution in [0, 0.1) is 0 Å². The number of nitrogens with zero attached hydrogens (tertiary/aromatic N) is 3. The molecule has 2 N–H and O–H groups in total. The molecule has 0 saturated heterocycles. The van der Waals surface area contributed by atoms with E-state index in [1.165, 1.54) is 0 Å². The van der Waals surface area contributed by atoms with Gasteiger partial charge in [0.05, 0.1) is 0 Å². The summed E-state index contributed by atoms with van der Waals surface area (Å²) in [5.41, 5.74) is -0.00347. The summed E-state index contributed by atoms with van der Waals surface area (Å²) in [6.07, 6.45) is 0. The molecule has 7 heteroatoms. The van der Waals surface area contributed by atoms with E-state index in [1.807, 2.05) is 0 Å². The summed E-state index contributed by atoms with van der Waals surface area (Å²) in [5, 5.41) is 15.8. The Morgan fingerprint density at radius 2 is 2.18 bits per heavy atom. The van der Waals surface area contributed by atoms with Crippen LogP contribution in [-0.4, -0.2) is 25.6 Å². The highest BCUT2D eigenvalue weighted by atomic mass is 79.9. The average molecular weight is 216 g/mol. The van der Waals surface area contributed by atoms with Crippen LogP contribution < -0.4 is 5.56 Å². The molecule has 0 radical (unpaired) electrons. The largest absolute Gasteiger partial charge is 0.279 e. The molecule has 0 bridgehead atoms. The van der Waals surface area contributed by atoms with Crippen molar-refractivity contribution >= 4 is 27.0 Å². The Balaban J connectivity index is 3.08. The molecule has 2 heterocycles. The second-order valence-electron chi connectivity index (χ2n) is 1.88. The van der Waals surface area contributed by atoms with Gasteiger partial charge >= 0.3 is 0 Å². The van der Waals surface area contributed by atoms with Gasteiger partial charge in [-0.15, -0.1) is 5.10 Å². The van der Waals surface area contributed by atoms with Gasteiger partial charge in [-0.25, -0.2) is 5.10 Å². The SMILES string of the molecule is O=c1[nH]nnc2n[nH]c(Br)c12. The van der Waals surface area contributed by atoms with Crippen molar-refractivity contribution in [3.8, 4) is 0 Å². The third kappa shape index (κ3) is 0.845. The number of hydrogen-bond donors (Lipinski definition) is 2. The van der Waals surface area contributed by atoms with Crippen LogP contribution in [0.2, 0.25) is 0 Å². The number of fused-ring (bicyclic) bond motifs is 1. The summed E-state index contributed by atoms with van der Waals surface area (Å²) in [6.45, 7) is 0. The molecule has 2 aromatic rings. The van der Waals surface area contributed by atoms with E-state index in [1.54, 1.807) is 0 Å². The van der Waals surface area contributed by atoms with Crippen molar-refractivity contribution in [2.45, 2.75) is 0 Å². The quantitative estimate of drug-likeness (QED) is 0.638. The van der Waals surface area contributed by atoms with Crippen LogP contribution in [0.4, 0.5) is 0 Å². The van der Waals surface area contributed by atoms with Crippen LogP contribution in [-0.2, 0) is 0 Å². The minimum atomic E-state index is -0.310. The van der Waals surface area contributed by atoms with Crippen LogP contribution in [0.15, 0.2) is 9.40 Å². The van der Waals surface area contributed by atoms with Crippen LogP contribution >= 0.6 is 15.9 Å². The van der Waals surface area contributed by atoms with Crippen molar-refractivity contribution in [1.82, 2.24) is 25.6 Å². The van der Waals surface area contributed by atoms with Gasteiger partial charge in [0.15, 0.2) is 0 Å². The Morgan fingerprint density at radius 1 is 1.36 bits per heavy atom. The molecule has 0 aliphatic heterocycles. The lowest BCUT2D eigenvalue weighted by molar-refractivity contribution is 0.863. The number of hydrogen-bond acceptors (Lipinski definition) is 4. The monoisotopic (exact) mass is 215 g/mol. The summed E-state index contributed by atoms with van der Waals surface area (Å²) in [4.78, 5) is 11.0. The minimum Gasteiger partial charge on any atom is -0.268 e. The standard InChI is InChI=1S/C4H2BrN5O/c5-2-1-3(7-6-2)8-10-9-4(1)11/h(H2,6,7,8,9,11). The van der Waals surface area contributed by atoms with Crippen molar-refractivity contribution in [2.24, 2.45) is 0 Å². The fourth-order valence-corrected chi connectivity index (χ4v) is 1.21. The zero-order chi connectivity index (χ0) is 7.84. The van der Waals surface area contributed by atoms with Gasteiger partial charge in [-0.3, -0.25) is 9.89 Å². The van der Waals surface area contributed by atoms with Gasteiger partial charge in [-0.05, 0) is 15.9 Å². The first-order valence-corrected chi connectivity index (χ1v) is 3.53. The average Bonchev–Trinajstić information content (AvgIpc) is 2.34. The Kier molecular flexibility index (Phi) is 1.25. The highest BCUT2D eigenvalue weighted by Gasteiger charge is 2.06. The Bertz CT molecular complexity index is 445. The summed E-state index contributed by atoms with van der Waals surface area (Å²) in [7, 11) is 0. The lowest BCUT2D eigenvalue weighted by Crippen LogP contribution is -2.08. The predicted molar refractivity (Wildman–Crippen MR) is 40.0 cm³/mol. The zero-order valence-electron chi connectivity index (χ0n) is 5.13. The Hall–Kier alpha value is -1.24. The maximum Gasteiger partial charge on any atom is 0.279 e. The summed E-state index contributed by atoms with van der Waals surface area (Å²) in [5.74, 6) is 0. The maximum atomic E-state index is 11.0. The van der Waals surface area contributed by atoms with Crippen molar-refractivity contribution in [2.75, 3.05) is 0 Å². The molecule has 2 aromatic heterocycles. The molecule has 6 nitrogen and oxygen atoms in total. The van der Waals surface area contributed by atoms with Crippen molar-refractivity contribution in [3.05, 3.63) is 15.0 Å². The van der Waals surface area contributed by atoms with E-state index in [0.29, 0.717) is 15.6 Å². The normalized spacial score (nSPS) is 10.6. The molecule has 0 fully saturated rings. The Labute approximate surface area is 68.1 Å². The van der Waals surface area contributed by atoms with Gasteiger partial charge in [0.1, 0.15) is 9.99 Å². The van der Waals surface area contributed by atoms with Gasteiger partial charge in [-0.1, -0.05) is 5.21 Å². The molecule has 11 heavy (non-hydrogen) atoms.